The number of phenols is 6. The van der Waals surface area contributed by atoms with Gasteiger partial charge in [0, 0.05) is 13.2 Å². The molecule has 0 aliphatic rings. The number of ether oxygens (including phenoxy) is 4. The second-order valence-electron chi connectivity index (χ2n) is 11.5. The quantitative estimate of drug-likeness (QED) is 0.0712. The van der Waals surface area contributed by atoms with Gasteiger partial charge >= 0.3 is 0 Å². The van der Waals surface area contributed by atoms with Crippen LogP contribution in [0.2, 0.25) is 0 Å². The lowest BCUT2D eigenvalue weighted by molar-refractivity contribution is 0.158. The summed E-state index contributed by atoms with van der Waals surface area (Å²) in [5.74, 6) is -1.40. The molecule has 0 heterocycles. The average Bonchev–Trinajstić information content (AvgIpc) is 3.08. The van der Waals surface area contributed by atoms with Gasteiger partial charge in [-0.15, -0.1) is 0 Å². The summed E-state index contributed by atoms with van der Waals surface area (Å²) in [6.45, 7) is -0.0737. The molecule has 12 nitrogen and oxygen atoms in total. The van der Waals surface area contributed by atoms with E-state index in [4.69, 9.17) is 18.9 Å². The van der Waals surface area contributed by atoms with E-state index >= 15 is 0 Å². The molecule has 4 rings (SSSR count). The molecule has 0 saturated carbocycles. The van der Waals surface area contributed by atoms with Crippen molar-refractivity contribution in [3.05, 3.63) is 82.9 Å². The number of methoxy groups -OCH3 is 2. The number of aromatic hydroxyl groups is 6. The fourth-order valence-corrected chi connectivity index (χ4v) is 5.57. The zero-order chi connectivity index (χ0) is 34.8. The summed E-state index contributed by atoms with van der Waals surface area (Å²) in [6.07, 6.45) is 2.34. The molecule has 0 bridgehead atoms. The Balaban J connectivity index is 1.46. The van der Waals surface area contributed by atoms with Crippen LogP contribution in [0.15, 0.2) is 60.7 Å². The van der Waals surface area contributed by atoms with Gasteiger partial charge in [0.15, 0.2) is 57.5 Å². The van der Waals surface area contributed by atoms with Gasteiger partial charge in [-0.1, -0.05) is 12.1 Å². The fraction of sp³-hybridized carbons (Fsp3) is 0.333. The summed E-state index contributed by atoms with van der Waals surface area (Å²) >= 11 is 0. The van der Waals surface area contributed by atoms with Gasteiger partial charge < -0.3 is 59.8 Å². The lowest BCUT2D eigenvalue weighted by atomic mass is 9.80. The maximum absolute atomic E-state index is 10.5. The Hall–Kier alpha value is -5.20. The largest absolute Gasteiger partial charge is 0.504 e. The maximum Gasteiger partial charge on any atom is 0.200 e. The van der Waals surface area contributed by atoms with Crippen molar-refractivity contribution in [2.75, 3.05) is 27.4 Å². The third-order valence-electron chi connectivity index (χ3n) is 8.13. The zero-order valence-corrected chi connectivity index (χ0v) is 26.8. The Bertz CT molecular complexity index is 1630. The lowest BCUT2D eigenvalue weighted by Gasteiger charge is -2.27. The number of hydrogen-bond acceptors (Lipinski definition) is 12. The molecule has 0 aromatic heterocycles. The number of rotatable bonds is 17. The first-order valence-corrected chi connectivity index (χ1v) is 15.4. The highest BCUT2D eigenvalue weighted by Crippen LogP contribution is 2.38. The topological polar surface area (TPSA) is 199 Å². The molecule has 0 unspecified atom stereocenters. The normalized spacial score (nSPS) is 12.3. The van der Waals surface area contributed by atoms with Crippen LogP contribution in [-0.4, -0.2) is 68.3 Å². The molecule has 0 aliphatic heterocycles. The fourth-order valence-electron chi connectivity index (χ4n) is 5.57. The van der Waals surface area contributed by atoms with Gasteiger partial charge in [-0.2, -0.15) is 0 Å². The molecule has 48 heavy (non-hydrogen) atoms. The van der Waals surface area contributed by atoms with Gasteiger partial charge in [0.2, 0.25) is 0 Å². The summed E-state index contributed by atoms with van der Waals surface area (Å²) in [5, 5.41) is 78.4. The minimum atomic E-state index is -0.603. The van der Waals surface area contributed by atoms with Crippen molar-refractivity contribution in [2.45, 2.75) is 38.9 Å². The average molecular weight is 667 g/mol. The van der Waals surface area contributed by atoms with E-state index in [0.717, 1.165) is 11.1 Å². The first kappa shape index (κ1) is 35.7. The van der Waals surface area contributed by atoms with E-state index in [1.54, 1.807) is 12.1 Å². The molecule has 0 fully saturated rings. The zero-order valence-electron chi connectivity index (χ0n) is 26.8. The van der Waals surface area contributed by atoms with Crippen LogP contribution in [0.5, 0.6) is 57.5 Å². The highest BCUT2D eigenvalue weighted by Gasteiger charge is 2.23. The van der Waals surface area contributed by atoms with E-state index in [9.17, 15) is 40.9 Å². The van der Waals surface area contributed by atoms with Gasteiger partial charge in [-0.25, -0.2) is 0 Å². The van der Waals surface area contributed by atoms with Gasteiger partial charge in [-0.05, 0) is 108 Å². The van der Waals surface area contributed by atoms with Gasteiger partial charge in [-0.3, -0.25) is 0 Å². The Morgan fingerprint density at radius 1 is 0.521 bits per heavy atom. The molecule has 8 N–H and O–H groups in total. The van der Waals surface area contributed by atoms with Crippen LogP contribution >= 0.6 is 0 Å². The highest BCUT2D eigenvalue weighted by atomic mass is 16.5. The van der Waals surface area contributed by atoms with Crippen molar-refractivity contribution in [2.24, 2.45) is 11.8 Å². The molecule has 4 aromatic carbocycles. The van der Waals surface area contributed by atoms with Crippen molar-refractivity contribution in [3.8, 4) is 57.5 Å². The molecule has 4 aromatic rings. The number of benzene rings is 4. The molecular weight excluding hydrogens is 624 g/mol. The third-order valence-corrected chi connectivity index (χ3v) is 8.13. The number of hydrogen-bond donors (Lipinski definition) is 8. The summed E-state index contributed by atoms with van der Waals surface area (Å²) in [7, 11) is 3.03. The van der Waals surface area contributed by atoms with Gasteiger partial charge in [0.05, 0.1) is 14.2 Å². The van der Waals surface area contributed by atoms with Crippen LogP contribution in [0.3, 0.4) is 0 Å². The molecule has 258 valence electrons. The number of phenolic OH excluding ortho intramolecular Hbond substituents is 6. The van der Waals surface area contributed by atoms with Crippen LogP contribution in [-0.2, 0) is 26.1 Å². The second kappa shape index (κ2) is 16.6. The molecule has 0 radical (unpaired) electrons. The standard InChI is InChI=1S/C36H42O12/c1-45-33-16-21(5-7-31(33)47-19-23-12-27(39)35(43)28(40)13-23)10-25(4-3-9-37)26(18-38)11-22-6-8-32(34(17-22)46-2)48-20-24-14-29(41)36(44)30(42)15-24/h5-8,12-17,25-26,37-44H,3-4,9-11,18-20H2,1-2H3/t25-,26+/m0/s1. The maximum atomic E-state index is 10.5. The molecule has 0 amide bonds. The minimum Gasteiger partial charge on any atom is -0.504 e. The summed E-state index contributed by atoms with van der Waals surface area (Å²) in [4.78, 5) is 0. The summed E-state index contributed by atoms with van der Waals surface area (Å²) in [6, 6.07) is 16.1. The Kier molecular flexibility index (Phi) is 12.3. The van der Waals surface area contributed by atoms with E-state index in [1.165, 1.54) is 38.5 Å². The third kappa shape index (κ3) is 8.99. The van der Waals surface area contributed by atoms with Crippen molar-refractivity contribution < 1.29 is 59.8 Å². The van der Waals surface area contributed by atoms with E-state index in [-0.39, 0.29) is 38.3 Å². The van der Waals surface area contributed by atoms with Crippen molar-refractivity contribution in [3.63, 3.8) is 0 Å². The molecule has 12 heteroatoms. The van der Waals surface area contributed by atoms with E-state index in [0.29, 0.717) is 59.8 Å². The molecule has 0 spiro atoms. The van der Waals surface area contributed by atoms with Crippen LogP contribution in [0.1, 0.15) is 35.1 Å². The van der Waals surface area contributed by atoms with Crippen LogP contribution < -0.4 is 18.9 Å². The Morgan fingerprint density at radius 2 is 0.938 bits per heavy atom. The lowest BCUT2D eigenvalue weighted by Crippen LogP contribution is -2.23. The molecule has 0 aliphatic carbocycles. The van der Waals surface area contributed by atoms with Crippen LogP contribution in [0.4, 0.5) is 0 Å². The predicted octanol–water partition coefficient (Wildman–Crippen LogP) is 4.88. The van der Waals surface area contributed by atoms with Crippen LogP contribution in [0, 0.1) is 11.8 Å². The van der Waals surface area contributed by atoms with Crippen molar-refractivity contribution in [1.29, 1.82) is 0 Å². The Morgan fingerprint density at radius 3 is 1.31 bits per heavy atom. The predicted molar refractivity (Wildman–Crippen MR) is 175 cm³/mol. The highest BCUT2D eigenvalue weighted by molar-refractivity contribution is 5.52. The second-order valence-corrected chi connectivity index (χ2v) is 11.5. The monoisotopic (exact) mass is 666 g/mol. The van der Waals surface area contributed by atoms with Crippen molar-refractivity contribution in [1.82, 2.24) is 0 Å². The van der Waals surface area contributed by atoms with Gasteiger partial charge in [0.1, 0.15) is 13.2 Å². The minimum absolute atomic E-state index is 0.000101. The smallest absolute Gasteiger partial charge is 0.200 e. The SMILES string of the molecule is COc1cc(C[C@H](CO)[C@@H](CCCO)Cc2ccc(OCc3cc(O)c(O)c(O)c3)c(OC)c2)ccc1OCc1cc(O)c(O)c(O)c1. The summed E-state index contributed by atoms with van der Waals surface area (Å²) in [5.41, 5.74) is 2.72. The Labute approximate surface area is 278 Å². The van der Waals surface area contributed by atoms with E-state index in [2.05, 4.69) is 0 Å². The van der Waals surface area contributed by atoms with Crippen LogP contribution in [0.25, 0.3) is 0 Å². The first-order valence-electron chi connectivity index (χ1n) is 15.4. The first-order chi connectivity index (χ1) is 23.1. The number of aliphatic hydroxyl groups excluding tert-OH is 2. The van der Waals surface area contributed by atoms with E-state index in [1.807, 2.05) is 24.3 Å². The molecular formula is C36H42O12. The summed E-state index contributed by atoms with van der Waals surface area (Å²) < 4.78 is 22.9. The molecule has 0 saturated heterocycles. The van der Waals surface area contributed by atoms with E-state index < -0.39 is 34.5 Å². The number of aliphatic hydroxyl groups is 2. The molecule has 2 atom stereocenters. The van der Waals surface area contributed by atoms with Gasteiger partial charge in [0.25, 0.3) is 0 Å². The van der Waals surface area contributed by atoms with Crippen molar-refractivity contribution >= 4 is 0 Å².